The first-order chi connectivity index (χ1) is 9.58. The second-order valence-corrected chi connectivity index (χ2v) is 5.53. The molecule has 0 amide bonds. The van der Waals surface area contributed by atoms with Gasteiger partial charge in [0.1, 0.15) is 16.5 Å². The number of halogens is 2. The van der Waals surface area contributed by atoms with Gasteiger partial charge in [-0.1, -0.05) is 39.7 Å². The van der Waals surface area contributed by atoms with Crippen LogP contribution in [0.3, 0.4) is 0 Å². The standard InChI is InChI=1S/C15H15BrClNO2/c1-19-12-8-7-11(15(20-2)13(12)17)14(18)9-3-5-10(16)6-4-9/h3-8,14H,18H2,1-2H3. The predicted octanol–water partition coefficient (Wildman–Crippen LogP) is 4.17. The smallest absolute Gasteiger partial charge is 0.146 e. The first kappa shape index (κ1) is 15.2. The van der Waals surface area contributed by atoms with Crippen LogP contribution >= 0.6 is 27.5 Å². The molecule has 2 rings (SSSR count). The quantitative estimate of drug-likeness (QED) is 0.894. The number of benzene rings is 2. The molecule has 1 atom stereocenters. The Morgan fingerprint density at radius 1 is 1.05 bits per heavy atom. The molecule has 3 nitrogen and oxygen atoms in total. The third kappa shape index (κ3) is 2.92. The molecule has 0 saturated heterocycles. The second kappa shape index (κ2) is 6.48. The van der Waals surface area contributed by atoms with Crippen LogP contribution in [0.15, 0.2) is 40.9 Å². The SMILES string of the molecule is COc1ccc(C(N)c2ccc(Br)cc2)c(OC)c1Cl. The van der Waals surface area contributed by atoms with Crippen LogP contribution in [0, 0.1) is 0 Å². The fourth-order valence-corrected chi connectivity index (χ4v) is 2.60. The molecule has 0 bridgehead atoms. The van der Waals surface area contributed by atoms with Crippen LogP contribution < -0.4 is 15.2 Å². The van der Waals surface area contributed by atoms with E-state index in [1.165, 1.54) is 0 Å². The monoisotopic (exact) mass is 355 g/mol. The molecule has 20 heavy (non-hydrogen) atoms. The highest BCUT2D eigenvalue weighted by Crippen LogP contribution is 2.40. The van der Waals surface area contributed by atoms with Crippen molar-refractivity contribution in [3.05, 3.63) is 57.0 Å². The largest absolute Gasteiger partial charge is 0.495 e. The highest BCUT2D eigenvalue weighted by molar-refractivity contribution is 9.10. The molecule has 106 valence electrons. The summed E-state index contributed by atoms with van der Waals surface area (Å²) in [6.45, 7) is 0. The summed E-state index contributed by atoms with van der Waals surface area (Å²) in [4.78, 5) is 0. The Hall–Kier alpha value is -1.23. The molecule has 2 aromatic carbocycles. The lowest BCUT2D eigenvalue weighted by atomic mass is 9.98. The first-order valence-electron chi connectivity index (χ1n) is 6.00. The van der Waals surface area contributed by atoms with Gasteiger partial charge in [0.15, 0.2) is 0 Å². The van der Waals surface area contributed by atoms with Crippen LogP contribution in [0.4, 0.5) is 0 Å². The average Bonchev–Trinajstić information content (AvgIpc) is 2.47. The molecular formula is C15H15BrClNO2. The van der Waals surface area contributed by atoms with Gasteiger partial charge in [-0.25, -0.2) is 0 Å². The molecule has 0 radical (unpaired) electrons. The maximum absolute atomic E-state index is 6.31. The van der Waals surface area contributed by atoms with E-state index in [1.807, 2.05) is 30.3 Å². The van der Waals surface area contributed by atoms with E-state index in [0.717, 1.165) is 15.6 Å². The van der Waals surface area contributed by atoms with E-state index in [0.29, 0.717) is 16.5 Å². The van der Waals surface area contributed by atoms with Crippen molar-refractivity contribution < 1.29 is 9.47 Å². The average molecular weight is 357 g/mol. The van der Waals surface area contributed by atoms with Gasteiger partial charge in [0, 0.05) is 10.0 Å². The number of hydrogen-bond donors (Lipinski definition) is 1. The maximum Gasteiger partial charge on any atom is 0.146 e. The zero-order valence-electron chi connectivity index (χ0n) is 11.2. The summed E-state index contributed by atoms with van der Waals surface area (Å²) in [5, 5.41) is 0.431. The van der Waals surface area contributed by atoms with Crippen molar-refractivity contribution >= 4 is 27.5 Å². The van der Waals surface area contributed by atoms with E-state index in [-0.39, 0.29) is 6.04 Å². The molecular weight excluding hydrogens is 342 g/mol. The molecule has 0 aliphatic heterocycles. The maximum atomic E-state index is 6.31. The second-order valence-electron chi connectivity index (χ2n) is 4.23. The molecule has 0 aliphatic carbocycles. The fourth-order valence-electron chi connectivity index (χ4n) is 2.01. The minimum absolute atomic E-state index is 0.318. The van der Waals surface area contributed by atoms with E-state index >= 15 is 0 Å². The molecule has 2 N–H and O–H groups in total. The number of rotatable bonds is 4. The summed E-state index contributed by atoms with van der Waals surface area (Å²) < 4.78 is 11.6. The number of hydrogen-bond acceptors (Lipinski definition) is 3. The molecule has 1 unspecified atom stereocenters. The van der Waals surface area contributed by atoms with Gasteiger partial charge in [0.25, 0.3) is 0 Å². The lowest BCUT2D eigenvalue weighted by Crippen LogP contribution is -2.13. The van der Waals surface area contributed by atoms with Crippen LogP contribution in [-0.2, 0) is 0 Å². The predicted molar refractivity (Wildman–Crippen MR) is 84.7 cm³/mol. The third-order valence-corrected chi connectivity index (χ3v) is 3.97. The Morgan fingerprint density at radius 3 is 2.25 bits per heavy atom. The number of ether oxygens (including phenoxy) is 2. The van der Waals surface area contributed by atoms with Crippen molar-refractivity contribution in [2.75, 3.05) is 14.2 Å². The summed E-state index contributed by atoms with van der Waals surface area (Å²) >= 11 is 9.66. The van der Waals surface area contributed by atoms with E-state index in [1.54, 1.807) is 20.3 Å². The van der Waals surface area contributed by atoms with Crippen LogP contribution in [0.2, 0.25) is 5.02 Å². The molecule has 0 saturated carbocycles. The Kier molecular flexibility index (Phi) is 4.91. The van der Waals surface area contributed by atoms with Gasteiger partial charge in [-0.3, -0.25) is 0 Å². The Balaban J connectivity index is 2.46. The van der Waals surface area contributed by atoms with Crippen LogP contribution in [0.1, 0.15) is 17.2 Å². The van der Waals surface area contributed by atoms with Crippen molar-refractivity contribution in [3.63, 3.8) is 0 Å². The summed E-state index contributed by atoms with van der Waals surface area (Å²) in [6.07, 6.45) is 0. The molecule has 0 heterocycles. The molecule has 0 aromatic heterocycles. The zero-order chi connectivity index (χ0) is 14.7. The topological polar surface area (TPSA) is 44.5 Å². The summed E-state index contributed by atoms with van der Waals surface area (Å²) in [5.41, 5.74) is 8.11. The van der Waals surface area contributed by atoms with Crippen molar-refractivity contribution in [1.82, 2.24) is 0 Å². The lowest BCUT2D eigenvalue weighted by molar-refractivity contribution is 0.390. The highest BCUT2D eigenvalue weighted by atomic mass is 79.9. The van der Waals surface area contributed by atoms with Gasteiger partial charge < -0.3 is 15.2 Å². The lowest BCUT2D eigenvalue weighted by Gasteiger charge is -2.18. The zero-order valence-corrected chi connectivity index (χ0v) is 13.5. The van der Waals surface area contributed by atoms with Gasteiger partial charge >= 0.3 is 0 Å². The Labute approximate surface area is 131 Å². The summed E-state index contributed by atoms with van der Waals surface area (Å²) in [5.74, 6) is 1.11. The summed E-state index contributed by atoms with van der Waals surface area (Å²) in [6, 6.07) is 11.2. The van der Waals surface area contributed by atoms with Gasteiger partial charge in [0.05, 0.1) is 20.3 Å². The van der Waals surface area contributed by atoms with Crippen LogP contribution in [0.25, 0.3) is 0 Å². The number of nitrogens with two attached hydrogens (primary N) is 1. The minimum atomic E-state index is -0.318. The minimum Gasteiger partial charge on any atom is -0.495 e. The van der Waals surface area contributed by atoms with Crippen molar-refractivity contribution in [3.8, 4) is 11.5 Å². The molecule has 0 spiro atoms. The first-order valence-corrected chi connectivity index (χ1v) is 7.17. The van der Waals surface area contributed by atoms with E-state index < -0.39 is 0 Å². The van der Waals surface area contributed by atoms with E-state index in [2.05, 4.69) is 15.9 Å². The van der Waals surface area contributed by atoms with Crippen molar-refractivity contribution in [2.45, 2.75) is 6.04 Å². The van der Waals surface area contributed by atoms with Crippen LogP contribution in [0.5, 0.6) is 11.5 Å². The Morgan fingerprint density at radius 2 is 1.70 bits per heavy atom. The van der Waals surface area contributed by atoms with Crippen molar-refractivity contribution in [2.24, 2.45) is 5.73 Å². The van der Waals surface area contributed by atoms with Gasteiger partial charge in [-0.2, -0.15) is 0 Å². The van der Waals surface area contributed by atoms with E-state index in [4.69, 9.17) is 26.8 Å². The summed E-state index contributed by atoms with van der Waals surface area (Å²) in [7, 11) is 3.13. The molecule has 0 aliphatic rings. The third-order valence-electron chi connectivity index (χ3n) is 3.08. The van der Waals surface area contributed by atoms with Crippen molar-refractivity contribution in [1.29, 1.82) is 0 Å². The van der Waals surface area contributed by atoms with E-state index in [9.17, 15) is 0 Å². The highest BCUT2D eigenvalue weighted by Gasteiger charge is 2.19. The number of methoxy groups -OCH3 is 2. The molecule has 2 aromatic rings. The van der Waals surface area contributed by atoms with Gasteiger partial charge in [-0.15, -0.1) is 0 Å². The molecule has 5 heteroatoms. The fraction of sp³-hybridized carbons (Fsp3) is 0.200. The van der Waals surface area contributed by atoms with Crippen LogP contribution in [-0.4, -0.2) is 14.2 Å². The Bertz CT molecular complexity index is 602. The van der Waals surface area contributed by atoms with Gasteiger partial charge in [-0.05, 0) is 29.8 Å². The van der Waals surface area contributed by atoms with Gasteiger partial charge in [0.2, 0.25) is 0 Å². The normalized spacial score (nSPS) is 12.1. The molecule has 0 fully saturated rings.